The van der Waals surface area contributed by atoms with Crippen molar-refractivity contribution in [2.24, 2.45) is 11.3 Å². The minimum atomic E-state index is -0.387. The Morgan fingerprint density at radius 3 is 2.50 bits per heavy atom. The van der Waals surface area contributed by atoms with Crippen LogP contribution >= 0.6 is 11.6 Å². The Kier molecular flexibility index (Phi) is 3.38. The zero-order valence-electron chi connectivity index (χ0n) is 9.22. The molecule has 2 fully saturated rings. The predicted molar refractivity (Wildman–Crippen MR) is 61.3 cm³/mol. The van der Waals surface area contributed by atoms with Crippen LogP contribution < -0.4 is 10.6 Å². The third-order valence-electron chi connectivity index (χ3n) is 3.51. The number of carbonyl (C=O) groups is 2. The van der Waals surface area contributed by atoms with Crippen LogP contribution in [0.4, 0.5) is 4.79 Å². The van der Waals surface area contributed by atoms with Gasteiger partial charge in [-0.3, -0.25) is 10.1 Å². The van der Waals surface area contributed by atoms with E-state index in [0.717, 1.165) is 5.92 Å². The summed E-state index contributed by atoms with van der Waals surface area (Å²) in [6, 6.07) is -0.387. The molecule has 16 heavy (non-hydrogen) atoms. The molecule has 2 rings (SSSR count). The molecule has 0 atom stereocenters. The molecule has 2 N–H and O–H groups in total. The second-order valence-corrected chi connectivity index (χ2v) is 5.18. The van der Waals surface area contributed by atoms with Crippen molar-refractivity contribution in [1.29, 1.82) is 0 Å². The zero-order chi connectivity index (χ0) is 11.6. The molecule has 2 saturated carbocycles. The van der Waals surface area contributed by atoms with Crippen molar-refractivity contribution < 1.29 is 9.59 Å². The summed E-state index contributed by atoms with van der Waals surface area (Å²) in [5, 5.41) is 5.05. The van der Waals surface area contributed by atoms with Gasteiger partial charge in [0.05, 0.1) is 0 Å². The smallest absolute Gasteiger partial charge is 0.321 e. The van der Waals surface area contributed by atoms with Gasteiger partial charge in [-0.25, -0.2) is 4.79 Å². The van der Waals surface area contributed by atoms with Gasteiger partial charge in [-0.05, 0) is 37.0 Å². The van der Waals surface area contributed by atoms with E-state index < -0.39 is 0 Å². The van der Waals surface area contributed by atoms with Crippen LogP contribution in [0.25, 0.3) is 0 Å². The molecule has 2 aliphatic carbocycles. The SMILES string of the molecule is O=C(CCCl)NC(=O)NCC1(C2CC2)CC1. The standard InChI is InChI=1S/C11H17ClN2O2/c12-6-3-9(15)14-10(16)13-7-11(4-5-11)8-1-2-8/h8H,1-7H2,(H2,13,14,15,16). The summed E-state index contributed by atoms with van der Waals surface area (Å²) < 4.78 is 0. The molecule has 5 heteroatoms. The molecule has 3 amide bonds. The Labute approximate surface area is 100 Å². The van der Waals surface area contributed by atoms with Gasteiger partial charge in [0, 0.05) is 18.8 Å². The Balaban J connectivity index is 1.66. The van der Waals surface area contributed by atoms with Gasteiger partial charge in [-0.15, -0.1) is 11.6 Å². The lowest BCUT2D eigenvalue weighted by molar-refractivity contribution is -0.119. The summed E-state index contributed by atoms with van der Waals surface area (Å²) in [6.07, 6.45) is 5.22. The minimum absolute atomic E-state index is 0.183. The van der Waals surface area contributed by atoms with Crippen LogP contribution in [-0.2, 0) is 4.79 Å². The Bertz CT molecular complexity index is 298. The summed E-state index contributed by atoms with van der Waals surface area (Å²) in [7, 11) is 0. The highest BCUT2D eigenvalue weighted by Crippen LogP contribution is 2.60. The van der Waals surface area contributed by atoms with Gasteiger partial charge in [0.2, 0.25) is 5.91 Å². The Morgan fingerprint density at radius 2 is 2.00 bits per heavy atom. The van der Waals surface area contributed by atoms with Crippen molar-refractivity contribution in [3.8, 4) is 0 Å². The molecule has 0 bridgehead atoms. The quantitative estimate of drug-likeness (QED) is 0.723. The first-order valence-electron chi connectivity index (χ1n) is 5.80. The van der Waals surface area contributed by atoms with E-state index in [9.17, 15) is 9.59 Å². The topological polar surface area (TPSA) is 58.2 Å². The number of amides is 3. The molecular formula is C11H17ClN2O2. The fraction of sp³-hybridized carbons (Fsp3) is 0.818. The van der Waals surface area contributed by atoms with Crippen LogP contribution in [0.1, 0.15) is 32.1 Å². The van der Waals surface area contributed by atoms with Gasteiger partial charge < -0.3 is 5.32 Å². The van der Waals surface area contributed by atoms with Gasteiger partial charge in [0.15, 0.2) is 0 Å². The molecular weight excluding hydrogens is 228 g/mol. The molecule has 0 spiro atoms. The van der Waals surface area contributed by atoms with Crippen molar-refractivity contribution in [2.45, 2.75) is 32.1 Å². The van der Waals surface area contributed by atoms with E-state index in [1.54, 1.807) is 0 Å². The van der Waals surface area contributed by atoms with Crippen LogP contribution in [0.15, 0.2) is 0 Å². The molecule has 0 unspecified atom stereocenters. The molecule has 0 aromatic carbocycles. The average molecular weight is 245 g/mol. The van der Waals surface area contributed by atoms with Crippen molar-refractivity contribution >= 4 is 23.5 Å². The monoisotopic (exact) mass is 244 g/mol. The molecule has 0 radical (unpaired) electrons. The summed E-state index contributed by atoms with van der Waals surface area (Å²) in [5.41, 5.74) is 0.368. The summed E-state index contributed by atoms with van der Waals surface area (Å²) in [6.45, 7) is 0.706. The molecule has 0 aromatic heterocycles. The maximum absolute atomic E-state index is 11.4. The Morgan fingerprint density at radius 1 is 1.31 bits per heavy atom. The number of rotatable bonds is 5. The van der Waals surface area contributed by atoms with E-state index in [0.29, 0.717) is 12.0 Å². The highest BCUT2D eigenvalue weighted by molar-refractivity contribution is 6.19. The number of carbonyl (C=O) groups excluding carboxylic acids is 2. The average Bonchev–Trinajstić information content (AvgIpc) is 3.08. The van der Waals surface area contributed by atoms with E-state index in [2.05, 4.69) is 10.6 Å². The first-order chi connectivity index (χ1) is 7.66. The second kappa shape index (κ2) is 4.62. The number of halogens is 1. The Hall–Kier alpha value is -0.770. The number of hydrogen-bond acceptors (Lipinski definition) is 2. The van der Waals surface area contributed by atoms with Gasteiger partial charge in [-0.1, -0.05) is 0 Å². The first-order valence-corrected chi connectivity index (χ1v) is 6.33. The fourth-order valence-electron chi connectivity index (χ4n) is 2.16. The summed E-state index contributed by atoms with van der Waals surface area (Å²) in [4.78, 5) is 22.4. The number of urea groups is 1. The van der Waals surface area contributed by atoms with Crippen LogP contribution in [0, 0.1) is 11.3 Å². The highest BCUT2D eigenvalue weighted by Gasteiger charge is 2.53. The van der Waals surface area contributed by atoms with Crippen LogP contribution in [0.2, 0.25) is 0 Å². The predicted octanol–water partition coefficient (Wildman–Crippen LogP) is 1.63. The molecule has 0 aromatic rings. The van der Waals surface area contributed by atoms with Crippen LogP contribution in [0.3, 0.4) is 0 Å². The lowest BCUT2D eigenvalue weighted by Gasteiger charge is -2.14. The maximum atomic E-state index is 11.4. The van der Waals surface area contributed by atoms with Gasteiger partial charge in [0.25, 0.3) is 0 Å². The molecule has 2 aliphatic rings. The molecule has 4 nitrogen and oxygen atoms in total. The van der Waals surface area contributed by atoms with Crippen molar-refractivity contribution in [3.05, 3.63) is 0 Å². The van der Waals surface area contributed by atoms with Gasteiger partial charge >= 0.3 is 6.03 Å². The van der Waals surface area contributed by atoms with E-state index >= 15 is 0 Å². The number of alkyl halides is 1. The second-order valence-electron chi connectivity index (χ2n) is 4.81. The minimum Gasteiger partial charge on any atom is -0.337 e. The van der Waals surface area contributed by atoms with Crippen molar-refractivity contribution in [1.82, 2.24) is 10.6 Å². The third-order valence-corrected chi connectivity index (χ3v) is 3.70. The van der Waals surface area contributed by atoms with E-state index in [1.165, 1.54) is 25.7 Å². The number of nitrogens with one attached hydrogen (secondary N) is 2. The summed E-state index contributed by atoms with van der Waals surface area (Å²) in [5.74, 6) is 0.737. The fourth-order valence-corrected chi connectivity index (χ4v) is 2.33. The van der Waals surface area contributed by atoms with Crippen molar-refractivity contribution in [2.75, 3.05) is 12.4 Å². The first kappa shape index (κ1) is 11.7. The zero-order valence-corrected chi connectivity index (χ0v) is 9.98. The lowest BCUT2D eigenvalue weighted by Crippen LogP contribution is -2.42. The highest BCUT2D eigenvalue weighted by atomic mass is 35.5. The van der Waals surface area contributed by atoms with Crippen LogP contribution in [0.5, 0.6) is 0 Å². The third kappa shape index (κ3) is 2.88. The molecule has 0 heterocycles. The number of imide groups is 1. The van der Waals surface area contributed by atoms with Gasteiger partial charge in [-0.2, -0.15) is 0 Å². The summed E-state index contributed by atoms with van der Waals surface area (Å²) >= 11 is 5.40. The molecule has 0 aliphatic heterocycles. The molecule has 0 saturated heterocycles. The van der Waals surface area contributed by atoms with Gasteiger partial charge in [0.1, 0.15) is 0 Å². The van der Waals surface area contributed by atoms with Crippen LogP contribution in [-0.4, -0.2) is 24.4 Å². The normalized spacial score (nSPS) is 21.3. The molecule has 90 valence electrons. The lowest BCUT2D eigenvalue weighted by atomic mass is 10.0. The number of hydrogen-bond donors (Lipinski definition) is 2. The largest absolute Gasteiger partial charge is 0.337 e. The van der Waals surface area contributed by atoms with E-state index in [1.807, 2.05) is 0 Å². The van der Waals surface area contributed by atoms with E-state index in [-0.39, 0.29) is 24.2 Å². The van der Waals surface area contributed by atoms with E-state index in [4.69, 9.17) is 11.6 Å². The maximum Gasteiger partial charge on any atom is 0.321 e. The van der Waals surface area contributed by atoms with Crippen molar-refractivity contribution in [3.63, 3.8) is 0 Å².